The number of hydrogen-bond acceptors (Lipinski definition) is 4. The molecule has 0 radical (unpaired) electrons. The van der Waals surface area contributed by atoms with Crippen LogP contribution in [0.25, 0.3) is 0 Å². The third kappa shape index (κ3) is 2.30. The van der Waals surface area contributed by atoms with Crippen molar-refractivity contribution in [2.75, 3.05) is 7.11 Å². The molecule has 0 unspecified atom stereocenters. The van der Waals surface area contributed by atoms with E-state index in [2.05, 4.69) is 9.73 Å². The number of nitrogens with zero attached hydrogens (tertiary/aromatic N) is 1. The highest BCUT2D eigenvalue weighted by Crippen LogP contribution is 2.36. The summed E-state index contributed by atoms with van der Waals surface area (Å²) in [6.07, 6.45) is 2.46. The highest BCUT2D eigenvalue weighted by molar-refractivity contribution is 5.97. The van der Waals surface area contributed by atoms with Gasteiger partial charge in [0.25, 0.3) is 0 Å². The molecule has 92 valence electrons. The van der Waals surface area contributed by atoms with Crippen molar-refractivity contribution < 1.29 is 14.6 Å². The smallest absolute Gasteiger partial charge is 0.341 e. The van der Waals surface area contributed by atoms with Crippen LogP contribution in [0.4, 0.5) is 5.69 Å². The van der Waals surface area contributed by atoms with Gasteiger partial charge in [-0.1, -0.05) is 13.8 Å². The summed E-state index contributed by atoms with van der Waals surface area (Å²) in [6.45, 7) is 5.76. The molecule has 0 spiro atoms. The number of fused-ring (bicyclic) bond motifs is 1. The van der Waals surface area contributed by atoms with E-state index in [9.17, 15) is 9.90 Å². The maximum absolute atomic E-state index is 11.4. The zero-order valence-corrected chi connectivity index (χ0v) is 10.6. The average Bonchev–Trinajstić information content (AvgIpc) is 2.79. The lowest BCUT2D eigenvalue weighted by Crippen LogP contribution is -2.04. The highest BCUT2D eigenvalue weighted by Gasteiger charge is 2.21. The Labute approximate surface area is 101 Å². The fourth-order valence-electron chi connectivity index (χ4n) is 1.79. The summed E-state index contributed by atoms with van der Waals surface area (Å²) in [6, 6.07) is 1.57. The van der Waals surface area contributed by atoms with Crippen LogP contribution in [0.2, 0.25) is 0 Å². The van der Waals surface area contributed by atoms with Gasteiger partial charge in [0.15, 0.2) is 0 Å². The summed E-state index contributed by atoms with van der Waals surface area (Å²) in [5.74, 6) is -0.571. The van der Waals surface area contributed by atoms with Crippen molar-refractivity contribution in [1.29, 1.82) is 0 Å². The lowest BCUT2D eigenvalue weighted by molar-refractivity contribution is 0.0596. The molecule has 0 saturated carbocycles. The molecule has 0 aromatic heterocycles. The topological polar surface area (TPSA) is 58.9 Å². The van der Waals surface area contributed by atoms with Crippen LogP contribution in [-0.2, 0) is 11.2 Å². The van der Waals surface area contributed by atoms with E-state index in [1.807, 2.05) is 13.8 Å². The van der Waals surface area contributed by atoms with E-state index in [4.69, 9.17) is 0 Å². The third-order valence-corrected chi connectivity index (χ3v) is 2.52. The normalized spacial score (nSPS) is 11.5. The van der Waals surface area contributed by atoms with Crippen LogP contribution >= 0.6 is 0 Å². The van der Waals surface area contributed by atoms with Crippen LogP contribution in [0.1, 0.15) is 35.3 Å². The maximum Gasteiger partial charge on any atom is 0.341 e. The van der Waals surface area contributed by atoms with Crippen LogP contribution in [0.15, 0.2) is 11.1 Å². The van der Waals surface area contributed by atoms with E-state index >= 15 is 0 Å². The first-order valence-corrected chi connectivity index (χ1v) is 5.61. The number of aliphatic imine (C=N–C) groups is 1. The number of rotatable bonds is 1. The Morgan fingerprint density at radius 3 is 2.71 bits per heavy atom. The van der Waals surface area contributed by atoms with E-state index < -0.39 is 5.97 Å². The van der Waals surface area contributed by atoms with Crippen molar-refractivity contribution in [1.82, 2.24) is 0 Å². The molecule has 0 fully saturated rings. The summed E-state index contributed by atoms with van der Waals surface area (Å²) in [5, 5.41) is 9.70. The molecule has 0 atom stereocenters. The molecule has 0 bridgehead atoms. The SMILES string of the molecule is CC.COC(=O)c1c(O)cc2c(c1C)N=CC2. The summed E-state index contributed by atoms with van der Waals surface area (Å²) >= 11 is 0. The predicted molar refractivity (Wildman–Crippen MR) is 67.4 cm³/mol. The summed E-state index contributed by atoms with van der Waals surface area (Å²) in [5.41, 5.74) is 2.59. The minimum atomic E-state index is -0.532. The molecule has 1 aliphatic rings. The van der Waals surface area contributed by atoms with Crippen molar-refractivity contribution in [3.05, 3.63) is 22.8 Å². The zero-order valence-electron chi connectivity index (χ0n) is 10.6. The van der Waals surface area contributed by atoms with E-state index in [1.54, 1.807) is 19.2 Å². The number of hydrogen-bond donors (Lipinski definition) is 1. The first-order valence-electron chi connectivity index (χ1n) is 5.61. The van der Waals surface area contributed by atoms with Crippen molar-refractivity contribution in [3.63, 3.8) is 0 Å². The molecule has 1 aliphatic heterocycles. The Kier molecular flexibility index (Phi) is 4.26. The van der Waals surface area contributed by atoms with Gasteiger partial charge < -0.3 is 9.84 Å². The lowest BCUT2D eigenvalue weighted by Gasteiger charge is -2.09. The van der Waals surface area contributed by atoms with Crippen LogP contribution < -0.4 is 0 Å². The summed E-state index contributed by atoms with van der Waals surface area (Å²) in [4.78, 5) is 15.6. The Morgan fingerprint density at radius 1 is 1.47 bits per heavy atom. The summed E-state index contributed by atoms with van der Waals surface area (Å²) in [7, 11) is 1.29. The standard InChI is InChI=1S/C11H11NO3.C2H6/c1-6-9(11(14)15-2)8(13)5-7-3-4-12-10(6)7;1-2/h4-5,13H,3H2,1-2H3;1-2H3. The van der Waals surface area contributed by atoms with E-state index in [1.165, 1.54) is 7.11 Å². The van der Waals surface area contributed by atoms with Crippen LogP contribution in [0, 0.1) is 6.92 Å². The van der Waals surface area contributed by atoms with Gasteiger partial charge in [-0.05, 0) is 24.1 Å². The van der Waals surface area contributed by atoms with Crippen LogP contribution in [0.5, 0.6) is 5.75 Å². The number of esters is 1. The second-order valence-electron chi connectivity index (χ2n) is 3.41. The molecule has 0 aliphatic carbocycles. The lowest BCUT2D eigenvalue weighted by atomic mass is 10.0. The van der Waals surface area contributed by atoms with Crippen molar-refractivity contribution in [2.24, 2.45) is 4.99 Å². The second kappa shape index (κ2) is 5.48. The van der Waals surface area contributed by atoms with Gasteiger partial charge in [-0.3, -0.25) is 4.99 Å². The number of phenolic OH excluding ortho intramolecular Hbond substituents is 1. The first kappa shape index (κ1) is 13.2. The molecular weight excluding hydrogens is 218 g/mol. The Morgan fingerprint density at radius 2 is 2.12 bits per heavy atom. The van der Waals surface area contributed by atoms with Crippen molar-refractivity contribution in [2.45, 2.75) is 27.2 Å². The molecule has 1 aromatic rings. The fourth-order valence-corrected chi connectivity index (χ4v) is 1.79. The molecule has 1 aromatic carbocycles. The van der Waals surface area contributed by atoms with E-state index in [0.717, 1.165) is 11.3 Å². The zero-order chi connectivity index (χ0) is 13.0. The van der Waals surface area contributed by atoms with Gasteiger partial charge in [0, 0.05) is 12.6 Å². The van der Waals surface area contributed by atoms with Gasteiger partial charge in [0.2, 0.25) is 0 Å². The molecule has 4 nitrogen and oxygen atoms in total. The minimum absolute atomic E-state index is 0.0383. The van der Waals surface area contributed by atoms with Gasteiger partial charge in [-0.25, -0.2) is 4.79 Å². The molecule has 4 heteroatoms. The van der Waals surface area contributed by atoms with Gasteiger partial charge >= 0.3 is 5.97 Å². The number of benzene rings is 1. The number of methoxy groups -OCH3 is 1. The summed E-state index contributed by atoms with van der Waals surface area (Å²) < 4.78 is 4.61. The molecule has 2 rings (SSSR count). The van der Waals surface area contributed by atoms with Gasteiger partial charge in [-0.2, -0.15) is 0 Å². The minimum Gasteiger partial charge on any atom is -0.507 e. The molecule has 17 heavy (non-hydrogen) atoms. The number of aromatic hydroxyl groups is 1. The Balaban J connectivity index is 0.000000686. The van der Waals surface area contributed by atoms with Crippen molar-refractivity contribution in [3.8, 4) is 5.75 Å². The number of phenols is 1. The first-order chi connectivity index (χ1) is 8.15. The molecule has 1 heterocycles. The van der Waals surface area contributed by atoms with Crippen LogP contribution in [0.3, 0.4) is 0 Å². The third-order valence-electron chi connectivity index (χ3n) is 2.52. The number of carbonyl (C=O) groups is 1. The van der Waals surface area contributed by atoms with Gasteiger partial charge in [0.1, 0.15) is 11.3 Å². The van der Waals surface area contributed by atoms with Crippen LogP contribution in [-0.4, -0.2) is 24.4 Å². The number of carbonyl (C=O) groups excluding carboxylic acids is 1. The Hall–Kier alpha value is -1.84. The predicted octanol–water partition coefficient (Wildman–Crippen LogP) is 2.77. The average molecular weight is 235 g/mol. The Bertz CT molecular complexity index is 464. The van der Waals surface area contributed by atoms with Gasteiger partial charge in [-0.15, -0.1) is 0 Å². The maximum atomic E-state index is 11.4. The van der Waals surface area contributed by atoms with Gasteiger partial charge in [0.05, 0.1) is 12.8 Å². The van der Waals surface area contributed by atoms with E-state index in [0.29, 0.717) is 12.0 Å². The molecule has 1 N–H and O–H groups in total. The fraction of sp³-hybridized carbons (Fsp3) is 0.385. The molecule has 0 saturated heterocycles. The molecule has 0 amide bonds. The monoisotopic (exact) mass is 235 g/mol. The second-order valence-corrected chi connectivity index (χ2v) is 3.41. The van der Waals surface area contributed by atoms with E-state index in [-0.39, 0.29) is 11.3 Å². The highest BCUT2D eigenvalue weighted by atomic mass is 16.5. The number of ether oxygens (including phenoxy) is 1. The molecular formula is C13H17NO3. The largest absolute Gasteiger partial charge is 0.507 e. The van der Waals surface area contributed by atoms with Crippen molar-refractivity contribution >= 4 is 17.9 Å². The quantitative estimate of drug-likeness (QED) is 0.761.